The standard InChI is InChI=1S/C10H13NO.C3H8.C2H7N/c1-2-10(11-8-12)9-6-4-3-5-7-9;1-3-2;1-2-3/h3-8,10H,2H2,1H3,(H,11,12);3H2,1-2H3;2-3H2,1H3. The van der Waals surface area contributed by atoms with Gasteiger partial charge in [0.2, 0.25) is 6.41 Å². The smallest absolute Gasteiger partial charge is 0.207 e. The second-order valence-electron chi connectivity index (χ2n) is 3.77. The molecule has 0 aliphatic carbocycles. The van der Waals surface area contributed by atoms with E-state index in [1.807, 2.05) is 44.2 Å². The van der Waals surface area contributed by atoms with Gasteiger partial charge >= 0.3 is 0 Å². The quantitative estimate of drug-likeness (QED) is 0.808. The highest BCUT2D eigenvalue weighted by Crippen LogP contribution is 2.14. The van der Waals surface area contributed by atoms with Crippen LogP contribution in [-0.2, 0) is 4.79 Å². The molecule has 18 heavy (non-hydrogen) atoms. The highest BCUT2D eigenvalue weighted by Gasteiger charge is 2.05. The Kier molecular flexibility index (Phi) is 16.5. The van der Waals surface area contributed by atoms with Crippen molar-refractivity contribution in [3.8, 4) is 0 Å². The topological polar surface area (TPSA) is 55.1 Å². The summed E-state index contributed by atoms with van der Waals surface area (Å²) in [5.41, 5.74) is 6.01. The molecule has 0 aromatic heterocycles. The Bertz CT molecular complexity index is 260. The number of amides is 1. The van der Waals surface area contributed by atoms with Gasteiger partial charge in [-0.25, -0.2) is 0 Å². The minimum absolute atomic E-state index is 0.156. The molecule has 0 aliphatic heterocycles. The summed E-state index contributed by atoms with van der Waals surface area (Å²) in [6, 6.07) is 10.1. The highest BCUT2D eigenvalue weighted by molar-refractivity contribution is 5.47. The molecule has 3 nitrogen and oxygen atoms in total. The second-order valence-corrected chi connectivity index (χ2v) is 3.77. The number of benzene rings is 1. The summed E-state index contributed by atoms with van der Waals surface area (Å²) in [5, 5.41) is 2.77. The summed E-state index contributed by atoms with van der Waals surface area (Å²) in [6.45, 7) is 8.95. The molecule has 1 aromatic carbocycles. The molecule has 104 valence electrons. The lowest BCUT2D eigenvalue weighted by atomic mass is 10.1. The van der Waals surface area contributed by atoms with E-state index in [0.717, 1.165) is 24.9 Å². The van der Waals surface area contributed by atoms with Crippen LogP contribution in [0.3, 0.4) is 0 Å². The number of carbonyl (C=O) groups is 1. The Hall–Kier alpha value is -1.35. The van der Waals surface area contributed by atoms with Crippen LogP contribution in [0.5, 0.6) is 0 Å². The lowest BCUT2D eigenvalue weighted by molar-refractivity contribution is -0.110. The number of rotatable bonds is 4. The van der Waals surface area contributed by atoms with Crippen LogP contribution in [0.4, 0.5) is 0 Å². The van der Waals surface area contributed by atoms with Gasteiger partial charge in [0.05, 0.1) is 6.04 Å². The number of nitrogens with two attached hydrogens (primary N) is 1. The van der Waals surface area contributed by atoms with Gasteiger partial charge in [0, 0.05) is 0 Å². The van der Waals surface area contributed by atoms with E-state index in [2.05, 4.69) is 19.2 Å². The van der Waals surface area contributed by atoms with Crippen molar-refractivity contribution in [2.45, 2.75) is 46.6 Å². The third-order valence-corrected chi connectivity index (χ3v) is 1.88. The maximum Gasteiger partial charge on any atom is 0.207 e. The van der Waals surface area contributed by atoms with Crippen molar-refractivity contribution < 1.29 is 4.79 Å². The zero-order valence-electron chi connectivity index (χ0n) is 12.1. The van der Waals surface area contributed by atoms with Crippen molar-refractivity contribution >= 4 is 6.41 Å². The van der Waals surface area contributed by atoms with Gasteiger partial charge in [0.25, 0.3) is 0 Å². The number of carbonyl (C=O) groups excluding carboxylic acids is 1. The SMILES string of the molecule is CCC.CCC(NC=O)c1ccccc1.CCN. The first-order chi connectivity index (χ1) is 8.71. The average molecular weight is 252 g/mol. The highest BCUT2D eigenvalue weighted by atomic mass is 16.1. The number of hydrogen-bond donors (Lipinski definition) is 2. The lowest BCUT2D eigenvalue weighted by Gasteiger charge is -2.13. The van der Waals surface area contributed by atoms with Gasteiger partial charge in [-0.05, 0) is 18.5 Å². The molecule has 1 aromatic rings. The van der Waals surface area contributed by atoms with Crippen LogP contribution in [0.2, 0.25) is 0 Å². The van der Waals surface area contributed by atoms with Crippen LogP contribution in [0.1, 0.15) is 52.1 Å². The summed E-state index contributed by atoms with van der Waals surface area (Å²) in [7, 11) is 0. The van der Waals surface area contributed by atoms with E-state index in [1.54, 1.807) is 0 Å². The molecular weight excluding hydrogens is 224 g/mol. The molecule has 3 heteroatoms. The first-order valence-electron chi connectivity index (χ1n) is 6.66. The van der Waals surface area contributed by atoms with Crippen LogP contribution >= 0.6 is 0 Å². The summed E-state index contributed by atoms with van der Waals surface area (Å²) >= 11 is 0. The maximum atomic E-state index is 10.2. The Morgan fingerprint density at radius 2 is 1.61 bits per heavy atom. The van der Waals surface area contributed by atoms with E-state index in [1.165, 1.54) is 6.42 Å². The van der Waals surface area contributed by atoms with E-state index in [9.17, 15) is 4.79 Å². The Labute approximate surface area is 112 Å². The van der Waals surface area contributed by atoms with E-state index >= 15 is 0 Å². The fraction of sp³-hybridized carbons (Fsp3) is 0.533. The minimum atomic E-state index is 0.156. The van der Waals surface area contributed by atoms with Gasteiger partial charge in [-0.2, -0.15) is 0 Å². The number of hydrogen-bond acceptors (Lipinski definition) is 2. The third-order valence-electron chi connectivity index (χ3n) is 1.88. The van der Waals surface area contributed by atoms with Crippen LogP contribution in [-0.4, -0.2) is 13.0 Å². The van der Waals surface area contributed by atoms with Crippen molar-refractivity contribution in [2.24, 2.45) is 5.73 Å². The molecule has 1 amide bonds. The lowest BCUT2D eigenvalue weighted by Crippen LogP contribution is -2.18. The molecule has 1 unspecified atom stereocenters. The molecule has 0 saturated heterocycles. The van der Waals surface area contributed by atoms with Crippen molar-refractivity contribution in [3.05, 3.63) is 35.9 Å². The fourth-order valence-electron chi connectivity index (χ4n) is 1.22. The van der Waals surface area contributed by atoms with Crippen molar-refractivity contribution in [1.82, 2.24) is 5.32 Å². The Morgan fingerprint density at radius 3 is 1.94 bits per heavy atom. The molecule has 1 rings (SSSR count). The fourth-order valence-corrected chi connectivity index (χ4v) is 1.22. The largest absolute Gasteiger partial charge is 0.352 e. The Morgan fingerprint density at radius 1 is 1.17 bits per heavy atom. The molecule has 0 fully saturated rings. The van der Waals surface area contributed by atoms with E-state index in [-0.39, 0.29) is 6.04 Å². The van der Waals surface area contributed by atoms with Gasteiger partial charge in [-0.3, -0.25) is 4.79 Å². The summed E-state index contributed by atoms with van der Waals surface area (Å²) < 4.78 is 0. The van der Waals surface area contributed by atoms with Crippen LogP contribution < -0.4 is 11.1 Å². The molecule has 0 saturated carbocycles. The van der Waals surface area contributed by atoms with Gasteiger partial charge < -0.3 is 11.1 Å². The average Bonchev–Trinajstić information content (AvgIpc) is 2.39. The molecule has 3 N–H and O–H groups in total. The number of nitrogens with one attached hydrogen (secondary N) is 1. The van der Waals surface area contributed by atoms with Crippen molar-refractivity contribution in [3.63, 3.8) is 0 Å². The monoisotopic (exact) mass is 252 g/mol. The zero-order valence-corrected chi connectivity index (χ0v) is 12.1. The van der Waals surface area contributed by atoms with E-state index in [0.29, 0.717) is 0 Å². The molecule has 0 bridgehead atoms. The van der Waals surface area contributed by atoms with Crippen molar-refractivity contribution in [1.29, 1.82) is 0 Å². The molecule has 0 spiro atoms. The predicted molar refractivity (Wildman–Crippen MR) is 79.4 cm³/mol. The molecule has 1 atom stereocenters. The van der Waals surface area contributed by atoms with Crippen LogP contribution in [0, 0.1) is 0 Å². The van der Waals surface area contributed by atoms with E-state index in [4.69, 9.17) is 5.73 Å². The Balaban J connectivity index is 0. The molecule has 0 heterocycles. The first-order valence-corrected chi connectivity index (χ1v) is 6.66. The second kappa shape index (κ2) is 15.6. The van der Waals surface area contributed by atoms with Gasteiger partial charge in [-0.1, -0.05) is 64.4 Å². The minimum Gasteiger partial charge on any atom is -0.352 e. The maximum absolute atomic E-state index is 10.2. The normalized spacial score (nSPS) is 10.1. The van der Waals surface area contributed by atoms with Crippen LogP contribution in [0.25, 0.3) is 0 Å². The van der Waals surface area contributed by atoms with Crippen LogP contribution in [0.15, 0.2) is 30.3 Å². The summed E-state index contributed by atoms with van der Waals surface area (Å²) in [6.07, 6.45) is 2.92. The van der Waals surface area contributed by atoms with Gasteiger partial charge in [0.15, 0.2) is 0 Å². The summed E-state index contributed by atoms with van der Waals surface area (Å²) in [5.74, 6) is 0. The third kappa shape index (κ3) is 11.1. The molecular formula is C15H28N2O. The van der Waals surface area contributed by atoms with Gasteiger partial charge in [0.1, 0.15) is 0 Å². The summed E-state index contributed by atoms with van der Waals surface area (Å²) in [4.78, 5) is 10.2. The van der Waals surface area contributed by atoms with E-state index < -0.39 is 0 Å². The van der Waals surface area contributed by atoms with Gasteiger partial charge in [-0.15, -0.1) is 0 Å². The van der Waals surface area contributed by atoms with Crippen molar-refractivity contribution in [2.75, 3.05) is 6.54 Å². The predicted octanol–water partition coefficient (Wildman–Crippen LogP) is 3.27. The molecule has 0 radical (unpaired) electrons. The zero-order chi connectivity index (χ0) is 14.2. The molecule has 0 aliphatic rings. The first kappa shape index (κ1) is 19.0.